The lowest BCUT2D eigenvalue weighted by atomic mass is 10.2. The summed E-state index contributed by atoms with van der Waals surface area (Å²) in [5.74, 6) is 0.196. The second-order valence-corrected chi connectivity index (χ2v) is 6.15. The zero-order valence-electron chi connectivity index (χ0n) is 11.6. The van der Waals surface area contributed by atoms with Gasteiger partial charge in [0.25, 0.3) is 0 Å². The standard InChI is InChI=1S/C14H16ClFN2O2S/c1-2-3-13(19)18-8-21-7-12(18)14(20)17-11-6-9(16)4-5-10(11)15/h4-6,12H,2-3,7-8H2,1H3,(H,17,20)/t12-/m0/s1. The second-order valence-electron chi connectivity index (χ2n) is 4.74. The molecule has 0 spiro atoms. The fraction of sp³-hybridized carbons (Fsp3) is 0.429. The van der Waals surface area contributed by atoms with Crippen LogP contribution in [-0.2, 0) is 9.59 Å². The molecule has 1 aromatic carbocycles. The second kappa shape index (κ2) is 7.13. The van der Waals surface area contributed by atoms with Gasteiger partial charge in [-0.05, 0) is 24.6 Å². The van der Waals surface area contributed by atoms with E-state index < -0.39 is 11.9 Å². The highest BCUT2D eigenvalue weighted by molar-refractivity contribution is 7.99. The smallest absolute Gasteiger partial charge is 0.248 e. The van der Waals surface area contributed by atoms with Gasteiger partial charge in [-0.15, -0.1) is 11.8 Å². The molecule has 0 radical (unpaired) electrons. The Bertz CT molecular complexity index is 556. The summed E-state index contributed by atoms with van der Waals surface area (Å²) in [6.07, 6.45) is 1.16. The molecule has 2 rings (SSSR count). The number of nitrogens with one attached hydrogen (secondary N) is 1. The zero-order valence-corrected chi connectivity index (χ0v) is 13.1. The summed E-state index contributed by atoms with van der Waals surface area (Å²) in [5.41, 5.74) is 0.224. The summed E-state index contributed by atoms with van der Waals surface area (Å²) < 4.78 is 13.2. The van der Waals surface area contributed by atoms with E-state index in [0.717, 1.165) is 6.42 Å². The third-order valence-electron chi connectivity index (χ3n) is 3.16. The van der Waals surface area contributed by atoms with Crippen LogP contribution < -0.4 is 5.32 Å². The van der Waals surface area contributed by atoms with Crippen LogP contribution in [0, 0.1) is 5.82 Å². The molecule has 114 valence electrons. The van der Waals surface area contributed by atoms with Crippen LogP contribution in [0.1, 0.15) is 19.8 Å². The van der Waals surface area contributed by atoms with Gasteiger partial charge in [0.15, 0.2) is 0 Å². The van der Waals surface area contributed by atoms with Crippen molar-refractivity contribution < 1.29 is 14.0 Å². The van der Waals surface area contributed by atoms with Crippen molar-refractivity contribution in [3.8, 4) is 0 Å². The van der Waals surface area contributed by atoms with Crippen LogP contribution in [0.3, 0.4) is 0 Å². The number of anilines is 1. The summed E-state index contributed by atoms with van der Waals surface area (Å²) in [7, 11) is 0. The molecule has 1 heterocycles. The number of rotatable bonds is 4. The van der Waals surface area contributed by atoms with Crippen molar-refractivity contribution in [2.45, 2.75) is 25.8 Å². The lowest BCUT2D eigenvalue weighted by Crippen LogP contribution is -2.44. The summed E-state index contributed by atoms with van der Waals surface area (Å²) in [5, 5.41) is 2.87. The molecule has 1 saturated heterocycles. The van der Waals surface area contributed by atoms with Crippen LogP contribution >= 0.6 is 23.4 Å². The molecule has 1 aliphatic rings. The van der Waals surface area contributed by atoms with Crippen molar-refractivity contribution >= 4 is 40.9 Å². The number of carbonyl (C=O) groups is 2. The van der Waals surface area contributed by atoms with E-state index in [2.05, 4.69) is 5.32 Å². The number of carbonyl (C=O) groups excluding carboxylic acids is 2. The lowest BCUT2D eigenvalue weighted by Gasteiger charge is -2.23. The number of thioether (sulfide) groups is 1. The van der Waals surface area contributed by atoms with E-state index in [4.69, 9.17) is 11.6 Å². The van der Waals surface area contributed by atoms with Crippen molar-refractivity contribution in [3.05, 3.63) is 29.0 Å². The Morgan fingerprint density at radius 2 is 2.29 bits per heavy atom. The van der Waals surface area contributed by atoms with Gasteiger partial charge in [0, 0.05) is 12.2 Å². The third-order valence-corrected chi connectivity index (χ3v) is 4.50. The number of hydrogen-bond acceptors (Lipinski definition) is 3. The molecule has 2 amide bonds. The first-order valence-electron chi connectivity index (χ1n) is 6.66. The number of amides is 2. The first kappa shape index (κ1) is 16.1. The zero-order chi connectivity index (χ0) is 15.4. The van der Waals surface area contributed by atoms with Gasteiger partial charge in [-0.25, -0.2) is 4.39 Å². The first-order valence-corrected chi connectivity index (χ1v) is 8.19. The van der Waals surface area contributed by atoms with Gasteiger partial charge in [0.2, 0.25) is 11.8 Å². The lowest BCUT2D eigenvalue weighted by molar-refractivity contribution is -0.136. The number of halogens is 2. The molecule has 1 aliphatic heterocycles. The number of benzene rings is 1. The molecule has 0 saturated carbocycles. The Labute approximate surface area is 132 Å². The maximum atomic E-state index is 13.2. The average Bonchev–Trinajstić information content (AvgIpc) is 2.92. The molecule has 0 bridgehead atoms. The number of nitrogens with zero attached hydrogens (tertiary/aromatic N) is 1. The maximum Gasteiger partial charge on any atom is 0.248 e. The molecule has 7 heteroatoms. The van der Waals surface area contributed by atoms with Gasteiger partial charge in [-0.2, -0.15) is 0 Å². The normalized spacial score (nSPS) is 17.9. The molecule has 0 unspecified atom stereocenters. The van der Waals surface area contributed by atoms with Crippen LogP contribution in [0.2, 0.25) is 5.02 Å². The quantitative estimate of drug-likeness (QED) is 0.922. The summed E-state index contributed by atoms with van der Waals surface area (Å²) in [6.45, 7) is 1.92. The molecule has 1 N–H and O–H groups in total. The SMILES string of the molecule is CCCC(=O)N1CSC[C@H]1C(=O)Nc1cc(F)ccc1Cl. The van der Waals surface area contributed by atoms with E-state index in [-0.39, 0.29) is 22.5 Å². The van der Waals surface area contributed by atoms with Gasteiger partial charge in [0.05, 0.1) is 16.6 Å². The average molecular weight is 331 g/mol. The molecule has 1 aromatic rings. The molecule has 0 aliphatic carbocycles. The van der Waals surface area contributed by atoms with Crippen molar-refractivity contribution in [2.75, 3.05) is 16.9 Å². The predicted molar refractivity (Wildman–Crippen MR) is 82.9 cm³/mol. The number of hydrogen-bond donors (Lipinski definition) is 1. The van der Waals surface area contributed by atoms with Crippen LogP contribution in [0.4, 0.5) is 10.1 Å². The molecule has 21 heavy (non-hydrogen) atoms. The summed E-state index contributed by atoms with van der Waals surface area (Å²) in [6, 6.07) is 3.24. The van der Waals surface area contributed by atoms with Gasteiger partial charge in [-0.3, -0.25) is 9.59 Å². The largest absolute Gasteiger partial charge is 0.323 e. The Morgan fingerprint density at radius 1 is 1.52 bits per heavy atom. The Morgan fingerprint density at radius 3 is 3.00 bits per heavy atom. The van der Waals surface area contributed by atoms with Crippen molar-refractivity contribution in [3.63, 3.8) is 0 Å². The fourth-order valence-electron chi connectivity index (χ4n) is 2.07. The van der Waals surface area contributed by atoms with Crippen molar-refractivity contribution in [2.24, 2.45) is 0 Å². The van der Waals surface area contributed by atoms with Crippen LogP contribution in [0.15, 0.2) is 18.2 Å². The van der Waals surface area contributed by atoms with Crippen LogP contribution in [0.25, 0.3) is 0 Å². The van der Waals surface area contributed by atoms with E-state index in [9.17, 15) is 14.0 Å². The van der Waals surface area contributed by atoms with E-state index in [1.807, 2.05) is 6.92 Å². The van der Waals surface area contributed by atoms with Gasteiger partial charge >= 0.3 is 0 Å². The van der Waals surface area contributed by atoms with E-state index in [1.165, 1.54) is 30.0 Å². The highest BCUT2D eigenvalue weighted by Gasteiger charge is 2.34. The Hall–Kier alpha value is -1.27. The first-order chi connectivity index (χ1) is 10.0. The van der Waals surface area contributed by atoms with Gasteiger partial charge in [-0.1, -0.05) is 18.5 Å². The minimum absolute atomic E-state index is 0.0343. The van der Waals surface area contributed by atoms with Crippen molar-refractivity contribution in [1.29, 1.82) is 0 Å². The Balaban J connectivity index is 2.08. The molecule has 0 aromatic heterocycles. The fourth-order valence-corrected chi connectivity index (χ4v) is 3.42. The van der Waals surface area contributed by atoms with Gasteiger partial charge < -0.3 is 10.2 Å². The molecular formula is C14H16ClFN2O2S. The molecule has 4 nitrogen and oxygen atoms in total. The van der Waals surface area contributed by atoms with E-state index >= 15 is 0 Å². The van der Waals surface area contributed by atoms with Gasteiger partial charge in [0.1, 0.15) is 11.9 Å². The Kier molecular flexibility index (Phi) is 5.47. The minimum Gasteiger partial charge on any atom is -0.323 e. The molecule has 1 atom stereocenters. The highest BCUT2D eigenvalue weighted by atomic mass is 35.5. The van der Waals surface area contributed by atoms with Crippen LogP contribution in [0.5, 0.6) is 0 Å². The third kappa shape index (κ3) is 3.89. The summed E-state index contributed by atoms with van der Waals surface area (Å²) >= 11 is 7.46. The van der Waals surface area contributed by atoms with E-state index in [1.54, 1.807) is 4.90 Å². The van der Waals surface area contributed by atoms with Crippen molar-refractivity contribution in [1.82, 2.24) is 4.90 Å². The maximum absolute atomic E-state index is 13.2. The predicted octanol–water partition coefficient (Wildman–Crippen LogP) is 3.12. The minimum atomic E-state index is -0.534. The van der Waals surface area contributed by atoms with Crippen LogP contribution in [-0.4, -0.2) is 34.4 Å². The molecular weight excluding hydrogens is 315 g/mol. The highest BCUT2D eigenvalue weighted by Crippen LogP contribution is 2.26. The molecule has 1 fully saturated rings. The van der Waals surface area contributed by atoms with E-state index in [0.29, 0.717) is 18.1 Å². The summed E-state index contributed by atoms with van der Waals surface area (Å²) in [4.78, 5) is 25.8. The monoisotopic (exact) mass is 330 g/mol. The topological polar surface area (TPSA) is 49.4 Å².